The first-order valence-electron chi connectivity index (χ1n) is 8.58. The summed E-state index contributed by atoms with van der Waals surface area (Å²) in [5, 5.41) is 2.39. The van der Waals surface area contributed by atoms with Crippen LogP contribution in [0.3, 0.4) is 0 Å². The molecule has 0 aliphatic heterocycles. The first-order chi connectivity index (χ1) is 11.9. The van der Waals surface area contributed by atoms with Crippen molar-refractivity contribution in [3.8, 4) is 11.1 Å². The van der Waals surface area contributed by atoms with E-state index in [-0.39, 0.29) is 35.8 Å². The third-order valence-electron chi connectivity index (χ3n) is 3.23. The molecule has 0 aliphatic carbocycles. The van der Waals surface area contributed by atoms with Crippen molar-refractivity contribution in [2.75, 3.05) is 0 Å². The average molecular weight is 300 g/mol. The Kier molecular flexibility index (Phi) is 1.81. The van der Waals surface area contributed by atoms with Crippen molar-refractivity contribution in [2.24, 2.45) is 0 Å². The highest BCUT2D eigenvalue weighted by Crippen LogP contribution is 2.40. The lowest BCUT2D eigenvalue weighted by molar-refractivity contribution is 1.67. The normalized spacial score (nSPS) is 14.8. The van der Waals surface area contributed by atoms with Gasteiger partial charge >= 0.3 is 0 Å². The molecule has 2 heteroatoms. The lowest BCUT2D eigenvalue weighted by atomic mass is 10.00. The first-order valence-corrected chi connectivity index (χ1v) is 7.27. The van der Waals surface area contributed by atoms with Crippen LogP contribution in [0.15, 0.2) is 66.6 Å². The quantitative estimate of drug-likeness (QED) is 0.383. The largest absolute Gasteiger partial charge is 0.135 e. The second kappa shape index (κ2) is 4.62. The number of rotatable bonds is 1. The van der Waals surface area contributed by atoms with Crippen molar-refractivity contribution in [2.45, 2.75) is 0 Å². The van der Waals surface area contributed by atoms with Gasteiger partial charge in [-0.2, -0.15) is 0 Å². The summed E-state index contributed by atoms with van der Waals surface area (Å²) < 4.78 is 42.2. The van der Waals surface area contributed by atoms with Gasteiger partial charge in [-0.05, 0) is 35.4 Å². The van der Waals surface area contributed by atoms with E-state index in [9.17, 15) is 0 Å². The van der Waals surface area contributed by atoms with Crippen molar-refractivity contribution in [1.29, 1.82) is 0 Å². The topological polar surface area (TPSA) is 0 Å². The minimum absolute atomic E-state index is 0.195. The summed E-state index contributed by atoms with van der Waals surface area (Å²) in [6.45, 7) is 0. The number of thiophene rings is 1. The maximum absolute atomic E-state index is 8.26. The van der Waals surface area contributed by atoms with Crippen LogP contribution in [0.5, 0.6) is 0 Å². The molecular formula is C18H11ClS. The molecule has 0 N–H and O–H groups in total. The maximum Gasteiger partial charge on any atom is 0.0629 e. The fraction of sp³-hybridized carbons (Fsp3) is 0. The zero-order valence-electron chi connectivity index (χ0n) is 15.3. The molecule has 0 saturated heterocycles. The van der Waals surface area contributed by atoms with Crippen LogP contribution in [0, 0.1) is 0 Å². The maximum atomic E-state index is 8.26. The van der Waals surface area contributed by atoms with Gasteiger partial charge in [0.15, 0.2) is 0 Å². The Balaban J connectivity index is 2.20. The van der Waals surface area contributed by atoms with Gasteiger partial charge in [0.1, 0.15) is 0 Å². The third-order valence-corrected chi connectivity index (χ3v) is 4.60. The second-order valence-electron chi connectivity index (χ2n) is 4.42. The zero-order valence-corrected chi connectivity index (χ0v) is 11.8. The summed E-state index contributed by atoms with van der Waals surface area (Å²) in [6.07, 6.45) is 0. The van der Waals surface area contributed by atoms with E-state index < -0.39 is 0 Å². The number of fused-ring (bicyclic) bond motifs is 3. The molecule has 0 fully saturated rings. The predicted octanol–water partition coefficient (Wildman–Crippen LogP) is 6.37. The summed E-state index contributed by atoms with van der Waals surface area (Å²) >= 11 is 7.74. The van der Waals surface area contributed by atoms with E-state index in [4.69, 9.17) is 18.5 Å². The summed E-state index contributed by atoms with van der Waals surface area (Å²) in [6, 6.07) is 9.79. The standard InChI is InChI=1S/C18H11ClS/c19-13-9-10-16-15(11-13)18-14(7-4-8-17(18)20-16)12-5-2-1-3-6-12/h1-11H/i1D,2D,3D,5D,6D. The molecule has 0 atom stereocenters. The molecule has 1 aromatic heterocycles. The van der Waals surface area contributed by atoms with Gasteiger partial charge in [-0.3, -0.25) is 0 Å². The Hall–Kier alpha value is -1.83. The third kappa shape index (κ3) is 1.82. The van der Waals surface area contributed by atoms with Gasteiger partial charge in [-0.1, -0.05) is 53.9 Å². The van der Waals surface area contributed by atoms with E-state index in [1.54, 1.807) is 17.4 Å². The van der Waals surface area contributed by atoms with Crippen LogP contribution in [-0.4, -0.2) is 0 Å². The molecule has 0 spiro atoms. The van der Waals surface area contributed by atoms with Crippen LogP contribution < -0.4 is 0 Å². The molecule has 0 amide bonds. The van der Waals surface area contributed by atoms with E-state index in [2.05, 4.69) is 0 Å². The summed E-state index contributed by atoms with van der Waals surface area (Å²) in [4.78, 5) is 0. The summed E-state index contributed by atoms with van der Waals surface area (Å²) in [5.74, 6) is 0. The second-order valence-corrected chi connectivity index (χ2v) is 5.94. The number of halogens is 1. The van der Waals surface area contributed by atoms with Crippen LogP contribution in [0.1, 0.15) is 6.85 Å². The molecule has 4 rings (SSSR count). The number of benzene rings is 3. The van der Waals surface area contributed by atoms with Gasteiger partial charge in [0.05, 0.1) is 6.85 Å². The van der Waals surface area contributed by atoms with E-state index in [0.29, 0.717) is 10.6 Å². The van der Waals surface area contributed by atoms with E-state index in [1.807, 2.05) is 30.3 Å². The number of hydrogen-bond donors (Lipinski definition) is 0. The molecule has 0 aliphatic rings. The summed E-state index contributed by atoms with van der Waals surface area (Å²) in [5.41, 5.74) is 0.847. The van der Waals surface area contributed by atoms with Crippen LogP contribution in [0.4, 0.5) is 0 Å². The minimum Gasteiger partial charge on any atom is -0.135 e. The van der Waals surface area contributed by atoms with E-state index in [1.165, 1.54) is 0 Å². The van der Waals surface area contributed by atoms with Gasteiger partial charge < -0.3 is 0 Å². The van der Waals surface area contributed by atoms with Gasteiger partial charge in [0, 0.05) is 25.2 Å². The van der Waals surface area contributed by atoms with Crippen LogP contribution in [-0.2, 0) is 0 Å². The van der Waals surface area contributed by atoms with Crippen LogP contribution in [0.2, 0.25) is 5.02 Å². The molecule has 0 nitrogen and oxygen atoms in total. The van der Waals surface area contributed by atoms with Gasteiger partial charge in [-0.25, -0.2) is 0 Å². The van der Waals surface area contributed by atoms with Crippen LogP contribution in [0.25, 0.3) is 31.3 Å². The van der Waals surface area contributed by atoms with Crippen molar-refractivity contribution < 1.29 is 6.85 Å². The Morgan fingerprint density at radius 1 is 0.950 bits per heavy atom. The lowest BCUT2D eigenvalue weighted by Gasteiger charge is -2.04. The van der Waals surface area contributed by atoms with Crippen molar-refractivity contribution in [3.63, 3.8) is 0 Å². The van der Waals surface area contributed by atoms with Crippen molar-refractivity contribution in [3.05, 3.63) is 71.6 Å². The fourth-order valence-electron chi connectivity index (χ4n) is 2.39. The van der Waals surface area contributed by atoms with Crippen molar-refractivity contribution in [1.82, 2.24) is 0 Å². The molecule has 0 radical (unpaired) electrons. The smallest absolute Gasteiger partial charge is 0.0629 e. The molecule has 0 bridgehead atoms. The SMILES string of the molecule is [2H]c1c([2H])c([2H])c(-c2cccc3sc4ccc(Cl)cc4c23)c([2H])c1[2H]. The molecule has 3 aromatic carbocycles. The van der Waals surface area contributed by atoms with Crippen LogP contribution >= 0.6 is 22.9 Å². The molecule has 4 aromatic rings. The number of hydrogen-bond acceptors (Lipinski definition) is 1. The molecule has 1 heterocycles. The van der Waals surface area contributed by atoms with Gasteiger partial charge in [-0.15, -0.1) is 11.3 Å². The van der Waals surface area contributed by atoms with Gasteiger partial charge in [0.2, 0.25) is 0 Å². The summed E-state index contributed by atoms with van der Waals surface area (Å²) in [7, 11) is 0. The fourth-order valence-corrected chi connectivity index (χ4v) is 3.68. The minimum atomic E-state index is -0.385. The Morgan fingerprint density at radius 3 is 2.65 bits per heavy atom. The van der Waals surface area contributed by atoms with Gasteiger partial charge in [0.25, 0.3) is 0 Å². The Labute approximate surface area is 133 Å². The Morgan fingerprint density at radius 2 is 1.80 bits per heavy atom. The Bertz CT molecular complexity index is 1140. The van der Waals surface area contributed by atoms with E-state index >= 15 is 0 Å². The first kappa shape index (κ1) is 7.82. The van der Waals surface area contributed by atoms with Crippen molar-refractivity contribution >= 4 is 43.1 Å². The molecule has 96 valence electrons. The average Bonchev–Trinajstić information content (AvgIpc) is 2.97. The highest BCUT2D eigenvalue weighted by molar-refractivity contribution is 7.25. The zero-order chi connectivity index (χ0) is 17.9. The predicted molar refractivity (Wildman–Crippen MR) is 89.8 cm³/mol. The molecule has 0 unspecified atom stereocenters. The van der Waals surface area contributed by atoms with E-state index in [0.717, 1.165) is 20.2 Å². The highest BCUT2D eigenvalue weighted by atomic mass is 35.5. The molecule has 0 saturated carbocycles. The molecular weight excluding hydrogens is 284 g/mol. The lowest BCUT2D eigenvalue weighted by Crippen LogP contribution is -1.78. The monoisotopic (exact) mass is 299 g/mol. The molecule has 20 heavy (non-hydrogen) atoms. The highest BCUT2D eigenvalue weighted by Gasteiger charge is 2.10.